The molecule has 31 heavy (non-hydrogen) atoms. The quantitative estimate of drug-likeness (QED) is 0.414. The topological polar surface area (TPSA) is 49.0 Å². The van der Waals surface area contributed by atoms with Crippen molar-refractivity contribution in [3.8, 4) is 23.0 Å². The molecule has 0 atom stereocenters. The van der Waals surface area contributed by atoms with Gasteiger partial charge in [0.2, 0.25) is 6.79 Å². The number of halogens is 3. The van der Waals surface area contributed by atoms with Crippen molar-refractivity contribution in [3.63, 3.8) is 0 Å². The van der Waals surface area contributed by atoms with Gasteiger partial charge in [0.25, 0.3) is 0 Å². The Bertz CT molecular complexity index is 1080. The third-order valence-corrected chi connectivity index (χ3v) is 5.94. The molecular formula is C23H20BrClFNO4. The zero-order valence-electron chi connectivity index (χ0n) is 16.7. The molecule has 1 N–H and O–H groups in total. The van der Waals surface area contributed by atoms with E-state index in [0.29, 0.717) is 35.2 Å². The smallest absolute Gasteiger partial charge is 0.231 e. The van der Waals surface area contributed by atoms with Gasteiger partial charge in [0.05, 0.1) is 12.1 Å². The van der Waals surface area contributed by atoms with Crippen LogP contribution in [0.5, 0.6) is 23.0 Å². The molecule has 3 aromatic carbocycles. The van der Waals surface area contributed by atoms with E-state index in [1.165, 1.54) is 6.07 Å². The minimum absolute atomic E-state index is 0.00395. The first-order valence-electron chi connectivity index (χ1n) is 9.56. The molecule has 5 nitrogen and oxygen atoms in total. The van der Waals surface area contributed by atoms with E-state index >= 15 is 0 Å². The minimum Gasteiger partial charge on any atom is -0.493 e. The van der Waals surface area contributed by atoms with Gasteiger partial charge in [-0.1, -0.05) is 39.7 Å². The number of rotatable bonds is 8. The molecule has 4 rings (SSSR count). The molecule has 1 aliphatic rings. The summed E-state index contributed by atoms with van der Waals surface area (Å²) in [6, 6.07) is 14.1. The predicted molar refractivity (Wildman–Crippen MR) is 120 cm³/mol. The Kier molecular flexibility index (Phi) is 6.85. The van der Waals surface area contributed by atoms with Gasteiger partial charge >= 0.3 is 0 Å². The van der Waals surface area contributed by atoms with Crippen LogP contribution < -0.4 is 24.3 Å². The van der Waals surface area contributed by atoms with Crippen LogP contribution in [-0.4, -0.2) is 13.9 Å². The van der Waals surface area contributed by atoms with Gasteiger partial charge in [-0.3, -0.25) is 0 Å². The third kappa shape index (κ3) is 5.06. The zero-order chi connectivity index (χ0) is 21.8. The van der Waals surface area contributed by atoms with Crippen LogP contribution >= 0.6 is 27.5 Å². The first kappa shape index (κ1) is 21.7. The Hall–Kier alpha value is -2.48. The Morgan fingerprint density at radius 3 is 2.71 bits per heavy atom. The van der Waals surface area contributed by atoms with Crippen LogP contribution in [0.25, 0.3) is 0 Å². The first-order valence-corrected chi connectivity index (χ1v) is 10.7. The molecule has 0 aromatic heterocycles. The average Bonchev–Trinajstić information content (AvgIpc) is 3.22. The SMILES string of the molecule is COc1cc(CNCc2ccc3c(c2)OCO3)c(Br)cc1OCc1c(F)cccc1Cl. The fourth-order valence-corrected chi connectivity index (χ4v) is 3.88. The summed E-state index contributed by atoms with van der Waals surface area (Å²) < 4.78 is 36.9. The molecule has 0 radical (unpaired) electrons. The lowest BCUT2D eigenvalue weighted by Gasteiger charge is -2.15. The molecule has 1 heterocycles. The standard InChI is InChI=1S/C23H20BrClFNO4/c1-28-21-8-15(11-27-10-14-5-6-20-22(7-14)31-13-30-20)17(24)9-23(21)29-12-16-18(25)3-2-4-19(16)26/h2-9,27H,10-13H2,1H3. The van der Waals surface area contributed by atoms with Gasteiger partial charge in [0.15, 0.2) is 23.0 Å². The summed E-state index contributed by atoms with van der Waals surface area (Å²) >= 11 is 9.66. The Morgan fingerprint density at radius 2 is 1.90 bits per heavy atom. The summed E-state index contributed by atoms with van der Waals surface area (Å²) in [5, 5.41) is 3.73. The van der Waals surface area contributed by atoms with E-state index in [2.05, 4.69) is 21.2 Å². The average molecular weight is 509 g/mol. The Morgan fingerprint density at radius 1 is 1.06 bits per heavy atom. The van der Waals surface area contributed by atoms with Crippen LogP contribution in [0.4, 0.5) is 4.39 Å². The van der Waals surface area contributed by atoms with Crippen LogP contribution in [0.3, 0.4) is 0 Å². The fraction of sp³-hybridized carbons (Fsp3) is 0.217. The van der Waals surface area contributed by atoms with Crippen LogP contribution in [0.2, 0.25) is 5.02 Å². The number of benzene rings is 3. The number of nitrogens with one attached hydrogen (secondary N) is 1. The van der Waals surface area contributed by atoms with Crippen molar-refractivity contribution in [2.45, 2.75) is 19.7 Å². The summed E-state index contributed by atoms with van der Waals surface area (Å²) in [6.45, 7) is 1.52. The Balaban J connectivity index is 1.41. The van der Waals surface area contributed by atoms with Crippen LogP contribution in [0.15, 0.2) is 53.0 Å². The molecule has 8 heteroatoms. The minimum atomic E-state index is -0.408. The van der Waals surface area contributed by atoms with E-state index in [9.17, 15) is 4.39 Å². The van der Waals surface area contributed by atoms with Crippen molar-refractivity contribution >= 4 is 27.5 Å². The van der Waals surface area contributed by atoms with Crippen LogP contribution in [0.1, 0.15) is 16.7 Å². The molecule has 0 spiro atoms. The zero-order valence-corrected chi connectivity index (χ0v) is 19.1. The van der Waals surface area contributed by atoms with E-state index in [-0.39, 0.29) is 13.4 Å². The van der Waals surface area contributed by atoms with Crippen molar-refractivity contribution in [1.82, 2.24) is 5.32 Å². The molecule has 0 bridgehead atoms. The van der Waals surface area contributed by atoms with Gasteiger partial charge in [0, 0.05) is 23.1 Å². The predicted octanol–water partition coefficient (Wildman–Crippen LogP) is 5.85. The van der Waals surface area contributed by atoms with E-state index < -0.39 is 5.82 Å². The van der Waals surface area contributed by atoms with E-state index in [1.54, 1.807) is 19.2 Å². The summed E-state index contributed by atoms with van der Waals surface area (Å²) in [5.41, 5.74) is 2.39. The van der Waals surface area contributed by atoms with Crippen molar-refractivity contribution in [3.05, 3.63) is 80.5 Å². The van der Waals surface area contributed by atoms with Gasteiger partial charge < -0.3 is 24.3 Å². The van der Waals surface area contributed by atoms with Gasteiger partial charge in [-0.05, 0) is 47.5 Å². The summed E-state index contributed by atoms with van der Waals surface area (Å²) in [6.07, 6.45) is 0. The lowest BCUT2D eigenvalue weighted by molar-refractivity contribution is 0.174. The largest absolute Gasteiger partial charge is 0.493 e. The lowest BCUT2D eigenvalue weighted by Crippen LogP contribution is -2.13. The van der Waals surface area contributed by atoms with E-state index in [0.717, 1.165) is 27.1 Å². The normalized spacial score (nSPS) is 12.1. The highest BCUT2D eigenvalue weighted by molar-refractivity contribution is 9.10. The maximum atomic E-state index is 14.0. The number of hydrogen-bond donors (Lipinski definition) is 1. The monoisotopic (exact) mass is 507 g/mol. The van der Waals surface area contributed by atoms with Gasteiger partial charge in [-0.15, -0.1) is 0 Å². The maximum absolute atomic E-state index is 14.0. The van der Waals surface area contributed by atoms with Gasteiger partial charge in [0.1, 0.15) is 12.4 Å². The van der Waals surface area contributed by atoms with Gasteiger partial charge in [-0.2, -0.15) is 0 Å². The maximum Gasteiger partial charge on any atom is 0.231 e. The number of fused-ring (bicyclic) bond motifs is 1. The molecule has 162 valence electrons. The van der Waals surface area contributed by atoms with E-state index in [1.807, 2.05) is 30.3 Å². The van der Waals surface area contributed by atoms with Crippen molar-refractivity contribution in [2.24, 2.45) is 0 Å². The highest BCUT2D eigenvalue weighted by Gasteiger charge is 2.15. The summed E-state index contributed by atoms with van der Waals surface area (Å²) in [4.78, 5) is 0. The molecule has 0 saturated heterocycles. The molecular weight excluding hydrogens is 489 g/mol. The number of hydrogen-bond acceptors (Lipinski definition) is 5. The fourth-order valence-electron chi connectivity index (χ4n) is 3.20. The van der Waals surface area contributed by atoms with Crippen molar-refractivity contribution in [1.29, 1.82) is 0 Å². The third-order valence-electron chi connectivity index (χ3n) is 4.85. The number of methoxy groups -OCH3 is 1. The molecule has 3 aromatic rings. The lowest BCUT2D eigenvalue weighted by atomic mass is 10.1. The van der Waals surface area contributed by atoms with E-state index in [4.69, 9.17) is 30.5 Å². The summed E-state index contributed by atoms with van der Waals surface area (Å²) in [5.74, 6) is 2.17. The van der Waals surface area contributed by atoms with Crippen LogP contribution in [-0.2, 0) is 19.7 Å². The second-order valence-electron chi connectivity index (χ2n) is 6.87. The first-order chi connectivity index (χ1) is 15.0. The molecule has 1 aliphatic heterocycles. The molecule has 0 amide bonds. The van der Waals surface area contributed by atoms with Crippen molar-refractivity contribution < 1.29 is 23.3 Å². The Labute approximate surface area is 193 Å². The highest BCUT2D eigenvalue weighted by atomic mass is 79.9. The van der Waals surface area contributed by atoms with Crippen LogP contribution in [0, 0.1) is 5.82 Å². The highest BCUT2D eigenvalue weighted by Crippen LogP contribution is 2.35. The summed E-state index contributed by atoms with van der Waals surface area (Å²) in [7, 11) is 1.57. The molecule has 0 unspecified atom stereocenters. The molecule has 0 aliphatic carbocycles. The molecule has 0 fully saturated rings. The molecule has 0 saturated carbocycles. The van der Waals surface area contributed by atoms with Crippen molar-refractivity contribution in [2.75, 3.05) is 13.9 Å². The second-order valence-corrected chi connectivity index (χ2v) is 8.14. The number of ether oxygens (including phenoxy) is 4. The van der Waals surface area contributed by atoms with Gasteiger partial charge in [-0.25, -0.2) is 4.39 Å². The second kappa shape index (κ2) is 9.77.